The summed E-state index contributed by atoms with van der Waals surface area (Å²) in [6, 6.07) is 7.68. The summed E-state index contributed by atoms with van der Waals surface area (Å²) in [6.07, 6.45) is 0. The zero-order valence-corrected chi connectivity index (χ0v) is 7.65. The molecule has 0 atom stereocenters. The summed E-state index contributed by atoms with van der Waals surface area (Å²) in [6.45, 7) is 0. The van der Waals surface area contributed by atoms with Crippen molar-refractivity contribution in [2.24, 2.45) is 5.73 Å². The quantitative estimate of drug-likeness (QED) is 0.507. The summed E-state index contributed by atoms with van der Waals surface area (Å²) in [4.78, 5) is 13.9. The van der Waals surface area contributed by atoms with E-state index in [1.165, 1.54) is 9.79 Å². The topological polar surface area (TPSA) is 55.1 Å². The molecule has 12 heavy (non-hydrogen) atoms. The maximum atomic E-state index is 9.35. The maximum absolute atomic E-state index is 9.35. The predicted molar refractivity (Wildman–Crippen MR) is 49.1 cm³/mol. The van der Waals surface area contributed by atoms with Gasteiger partial charge >= 0.3 is 6.03 Å². The number of urea groups is 1. The van der Waals surface area contributed by atoms with Crippen molar-refractivity contribution in [2.45, 2.75) is 9.79 Å². The number of hydrogen-bond acceptors (Lipinski definition) is 2. The second kappa shape index (κ2) is 4.23. The Kier molecular flexibility index (Phi) is 3.25. The van der Waals surface area contributed by atoms with Gasteiger partial charge in [-0.15, -0.1) is 0 Å². The Balaban J connectivity index is 0.000000130. The van der Waals surface area contributed by atoms with Crippen LogP contribution in [0.5, 0.6) is 0 Å². The molecule has 0 aliphatic carbocycles. The molecule has 1 heterocycles. The molecule has 0 fully saturated rings. The van der Waals surface area contributed by atoms with E-state index in [1.807, 2.05) is 11.8 Å². The molecule has 64 valence electrons. The fourth-order valence-electron chi connectivity index (χ4n) is 0.611. The lowest BCUT2D eigenvalue weighted by molar-refractivity contribution is 0.254. The highest BCUT2D eigenvalue weighted by Crippen LogP contribution is 2.47. The van der Waals surface area contributed by atoms with Crippen molar-refractivity contribution in [3.05, 3.63) is 24.3 Å². The van der Waals surface area contributed by atoms with E-state index in [2.05, 4.69) is 41.8 Å². The zero-order chi connectivity index (χ0) is 8.97. The Bertz CT molecular complexity index is 271. The van der Waals surface area contributed by atoms with Crippen LogP contribution < -0.4 is 10.6 Å². The molecule has 1 aromatic carbocycles. The second-order valence-corrected chi connectivity index (χ2v) is 3.28. The highest BCUT2D eigenvalue weighted by Gasteiger charge is 2.14. The average Bonchev–Trinajstić information content (AvgIpc) is 2.83. The molecule has 0 saturated carbocycles. The molecule has 0 radical (unpaired) electrons. The highest BCUT2D eigenvalue weighted by atomic mass is 35.5. The fourth-order valence-corrected chi connectivity index (χ4v) is 1.23. The predicted octanol–water partition coefficient (Wildman–Crippen LogP) is 1.96. The van der Waals surface area contributed by atoms with Gasteiger partial charge in [0.2, 0.25) is 0 Å². The lowest BCUT2D eigenvalue weighted by Gasteiger charge is -1.76. The smallest absolute Gasteiger partial charge is 0.326 e. The Morgan fingerprint density at radius 1 is 1.42 bits per heavy atom. The molecule has 1 aliphatic heterocycles. The van der Waals surface area contributed by atoms with E-state index < -0.39 is 6.03 Å². The van der Waals surface area contributed by atoms with Crippen LogP contribution in [-0.2, 0) is 0 Å². The molecular formula is C7H7ClN2OS. The number of nitrogens with one attached hydrogen (secondary N) is 1. The first kappa shape index (κ1) is 9.22. The van der Waals surface area contributed by atoms with Crippen molar-refractivity contribution in [2.75, 3.05) is 0 Å². The van der Waals surface area contributed by atoms with Crippen LogP contribution in [0, 0.1) is 0 Å². The van der Waals surface area contributed by atoms with Gasteiger partial charge in [0, 0.05) is 21.6 Å². The van der Waals surface area contributed by atoms with E-state index in [0.717, 1.165) is 0 Å². The third-order valence-corrected chi connectivity index (χ3v) is 2.25. The molecule has 3 N–H and O–H groups in total. The molecule has 0 unspecified atom stereocenters. The summed E-state index contributed by atoms with van der Waals surface area (Å²) in [5, 5.41) is 0. The van der Waals surface area contributed by atoms with Crippen LogP contribution >= 0.6 is 23.5 Å². The highest BCUT2D eigenvalue weighted by molar-refractivity contribution is 8.04. The molecule has 0 saturated heterocycles. The number of carbonyl (C=O) groups excluding carboxylic acids is 1. The van der Waals surface area contributed by atoms with Crippen LogP contribution in [0.3, 0.4) is 0 Å². The number of hydrogen-bond donors (Lipinski definition) is 2. The lowest BCUT2D eigenvalue weighted by atomic mass is 10.4. The van der Waals surface area contributed by atoms with E-state index in [-0.39, 0.29) is 0 Å². The minimum absolute atomic E-state index is 0.730. The van der Waals surface area contributed by atoms with Gasteiger partial charge in [0.05, 0.1) is 0 Å². The third kappa shape index (κ3) is 3.02. The van der Waals surface area contributed by atoms with Crippen molar-refractivity contribution in [3.8, 4) is 0 Å². The van der Waals surface area contributed by atoms with E-state index in [9.17, 15) is 4.79 Å². The number of rotatable bonds is 0. The number of nitrogens with two attached hydrogens (primary N) is 1. The first-order chi connectivity index (χ1) is 5.74. The molecule has 3 nitrogen and oxygen atoms in total. The Morgan fingerprint density at radius 2 is 1.83 bits per heavy atom. The first-order valence-corrected chi connectivity index (χ1v) is 4.36. The van der Waals surface area contributed by atoms with Crippen LogP contribution in [0.4, 0.5) is 4.79 Å². The summed E-state index contributed by atoms with van der Waals surface area (Å²) in [5.74, 6) is 0. The van der Waals surface area contributed by atoms with Gasteiger partial charge in [0.15, 0.2) is 0 Å². The molecule has 0 aromatic heterocycles. The molecular weight excluding hydrogens is 196 g/mol. The van der Waals surface area contributed by atoms with Gasteiger partial charge < -0.3 is 5.73 Å². The SMILES string of the molecule is NC(=O)NCl.c1ccc2c(c1)S2. The molecule has 1 aliphatic rings. The lowest BCUT2D eigenvalue weighted by Crippen LogP contribution is -2.19. The van der Waals surface area contributed by atoms with Crippen LogP contribution in [0.1, 0.15) is 0 Å². The van der Waals surface area contributed by atoms with Gasteiger partial charge in [0.25, 0.3) is 0 Å². The molecule has 2 amide bonds. The van der Waals surface area contributed by atoms with E-state index >= 15 is 0 Å². The molecule has 0 spiro atoms. The van der Waals surface area contributed by atoms with Gasteiger partial charge in [0.1, 0.15) is 0 Å². The molecule has 5 heteroatoms. The second-order valence-electron chi connectivity index (χ2n) is 2.01. The number of primary amides is 1. The zero-order valence-electron chi connectivity index (χ0n) is 6.08. The monoisotopic (exact) mass is 202 g/mol. The Morgan fingerprint density at radius 3 is 2.08 bits per heavy atom. The van der Waals surface area contributed by atoms with Gasteiger partial charge in [-0.05, 0) is 12.1 Å². The van der Waals surface area contributed by atoms with Crippen molar-refractivity contribution in [3.63, 3.8) is 0 Å². The fraction of sp³-hybridized carbons (Fsp3) is 0. The minimum atomic E-state index is -0.730. The van der Waals surface area contributed by atoms with Gasteiger partial charge in [-0.1, -0.05) is 23.9 Å². The number of amides is 2. The number of halogens is 1. The first-order valence-electron chi connectivity index (χ1n) is 3.17. The Labute approximate surface area is 79.4 Å². The summed E-state index contributed by atoms with van der Waals surface area (Å²) in [7, 11) is 0. The van der Waals surface area contributed by atoms with Gasteiger partial charge in [-0.25, -0.2) is 4.79 Å². The van der Waals surface area contributed by atoms with Crippen LogP contribution in [0.2, 0.25) is 0 Å². The molecule has 0 bridgehead atoms. The maximum Gasteiger partial charge on any atom is 0.326 e. The average molecular weight is 203 g/mol. The summed E-state index contributed by atoms with van der Waals surface area (Å²) < 4.78 is 0. The van der Waals surface area contributed by atoms with E-state index in [1.54, 1.807) is 4.84 Å². The normalized spacial score (nSPS) is 10.4. The van der Waals surface area contributed by atoms with Crippen LogP contribution in [-0.4, -0.2) is 6.03 Å². The van der Waals surface area contributed by atoms with E-state index in [0.29, 0.717) is 0 Å². The standard InChI is InChI=1S/C6H4S.CH3ClN2O/c1-2-4-6-5(3-1)7-6;2-4-1(3)5/h1-4H;(H3,3,4,5). The van der Waals surface area contributed by atoms with Crippen LogP contribution in [0.25, 0.3) is 0 Å². The number of fused-ring (bicyclic) bond motifs is 1. The Hall–Kier alpha value is -0.870. The van der Waals surface area contributed by atoms with Crippen molar-refractivity contribution < 1.29 is 4.79 Å². The molecule has 2 rings (SSSR count). The van der Waals surface area contributed by atoms with Gasteiger partial charge in [-0.2, -0.15) is 0 Å². The minimum Gasteiger partial charge on any atom is -0.351 e. The van der Waals surface area contributed by atoms with E-state index in [4.69, 9.17) is 0 Å². The van der Waals surface area contributed by atoms with Crippen molar-refractivity contribution >= 4 is 29.6 Å². The largest absolute Gasteiger partial charge is 0.351 e. The van der Waals surface area contributed by atoms with Crippen molar-refractivity contribution in [1.29, 1.82) is 0 Å². The summed E-state index contributed by atoms with van der Waals surface area (Å²) in [5.41, 5.74) is 4.41. The molecule has 1 aromatic rings. The number of benzene rings is 1. The van der Waals surface area contributed by atoms with Crippen molar-refractivity contribution in [1.82, 2.24) is 4.84 Å². The van der Waals surface area contributed by atoms with Crippen LogP contribution in [0.15, 0.2) is 34.1 Å². The van der Waals surface area contributed by atoms with Gasteiger partial charge in [-0.3, -0.25) is 4.84 Å². The third-order valence-electron chi connectivity index (χ3n) is 1.12. The summed E-state index contributed by atoms with van der Waals surface area (Å²) >= 11 is 6.47. The number of carbonyl (C=O) groups is 1.